The van der Waals surface area contributed by atoms with Gasteiger partial charge in [0.2, 0.25) is 5.91 Å². The fourth-order valence-electron chi connectivity index (χ4n) is 1.70. The summed E-state index contributed by atoms with van der Waals surface area (Å²) in [7, 11) is 0. The number of hydrogen-bond acceptors (Lipinski definition) is 3. The van der Waals surface area contributed by atoms with E-state index in [0.29, 0.717) is 13.0 Å². The van der Waals surface area contributed by atoms with E-state index in [9.17, 15) is 9.59 Å². The number of benzene rings is 1. The van der Waals surface area contributed by atoms with E-state index in [-0.39, 0.29) is 24.2 Å². The van der Waals surface area contributed by atoms with Gasteiger partial charge in [0.05, 0.1) is 13.0 Å². The minimum absolute atomic E-state index is 0.162. The van der Waals surface area contributed by atoms with Crippen LogP contribution in [0.1, 0.15) is 32.8 Å². The van der Waals surface area contributed by atoms with E-state index >= 15 is 0 Å². The maximum Gasteiger partial charge on any atom is 0.328 e. The van der Waals surface area contributed by atoms with Gasteiger partial charge in [0.15, 0.2) is 0 Å². The average molecular weight is 277 g/mol. The number of rotatable bonds is 7. The highest BCUT2D eigenvalue weighted by Crippen LogP contribution is 2.02. The molecular weight excluding hydrogens is 254 g/mol. The molecule has 0 aliphatic heterocycles. The molecule has 0 aliphatic rings. The van der Waals surface area contributed by atoms with E-state index < -0.39 is 6.04 Å². The second-order valence-corrected chi connectivity index (χ2v) is 5.21. The first-order valence-corrected chi connectivity index (χ1v) is 7.02. The summed E-state index contributed by atoms with van der Waals surface area (Å²) >= 11 is 0. The maximum atomic E-state index is 11.9. The van der Waals surface area contributed by atoms with Crippen LogP contribution in [0.5, 0.6) is 0 Å². The molecule has 1 rings (SSSR count). The van der Waals surface area contributed by atoms with Crippen molar-refractivity contribution in [1.82, 2.24) is 5.32 Å². The molecule has 1 N–H and O–H groups in total. The Morgan fingerprint density at radius 1 is 1.20 bits per heavy atom. The molecular formula is C16H23NO3. The van der Waals surface area contributed by atoms with Crippen LogP contribution in [-0.4, -0.2) is 24.5 Å². The van der Waals surface area contributed by atoms with Crippen molar-refractivity contribution in [2.75, 3.05) is 6.61 Å². The highest BCUT2D eigenvalue weighted by atomic mass is 16.5. The highest BCUT2D eigenvalue weighted by molar-refractivity contribution is 5.85. The van der Waals surface area contributed by atoms with Gasteiger partial charge in [0.1, 0.15) is 6.04 Å². The molecule has 1 aromatic rings. The Hall–Kier alpha value is -1.84. The molecule has 20 heavy (non-hydrogen) atoms. The zero-order valence-electron chi connectivity index (χ0n) is 12.4. The summed E-state index contributed by atoms with van der Waals surface area (Å²) in [5.41, 5.74) is 0.926. The highest BCUT2D eigenvalue weighted by Gasteiger charge is 2.20. The van der Waals surface area contributed by atoms with Gasteiger partial charge >= 0.3 is 5.97 Å². The summed E-state index contributed by atoms with van der Waals surface area (Å²) in [4.78, 5) is 23.7. The predicted molar refractivity (Wildman–Crippen MR) is 78.2 cm³/mol. The molecule has 0 fully saturated rings. The first kappa shape index (κ1) is 16.2. The summed E-state index contributed by atoms with van der Waals surface area (Å²) in [6.45, 7) is 6.18. The number of amides is 1. The maximum absolute atomic E-state index is 11.9. The molecule has 0 saturated heterocycles. The zero-order valence-corrected chi connectivity index (χ0v) is 12.4. The predicted octanol–water partition coefficient (Wildman–Crippen LogP) is 2.32. The van der Waals surface area contributed by atoms with E-state index in [4.69, 9.17) is 4.74 Å². The van der Waals surface area contributed by atoms with E-state index in [1.165, 1.54) is 0 Å². The molecule has 0 aliphatic carbocycles. The number of carbonyl (C=O) groups excluding carboxylic acids is 2. The van der Waals surface area contributed by atoms with Gasteiger partial charge in [0, 0.05) is 0 Å². The van der Waals surface area contributed by atoms with Crippen LogP contribution in [0.15, 0.2) is 30.3 Å². The smallest absolute Gasteiger partial charge is 0.328 e. The van der Waals surface area contributed by atoms with E-state index in [1.54, 1.807) is 0 Å². The van der Waals surface area contributed by atoms with Crippen molar-refractivity contribution in [3.8, 4) is 0 Å². The molecule has 0 saturated carbocycles. The van der Waals surface area contributed by atoms with E-state index in [2.05, 4.69) is 5.32 Å². The number of nitrogens with one attached hydrogen (secondary N) is 1. The first-order chi connectivity index (χ1) is 9.52. The van der Waals surface area contributed by atoms with E-state index in [1.807, 2.05) is 51.1 Å². The summed E-state index contributed by atoms with van der Waals surface area (Å²) in [5.74, 6) is -0.233. The van der Waals surface area contributed by atoms with Crippen LogP contribution >= 0.6 is 0 Å². The summed E-state index contributed by atoms with van der Waals surface area (Å²) in [6, 6.07) is 8.88. The quantitative estimate of drug-likeness (QED) is 0.778. The van der Waals surface area contributed by atoms with Gasteiger partial charge in [-0.1, -0.05) is 51.1 Å². The lowest BCUT2D eigenvalue weighted by atomic mass is 10.1. The number of hydrogen-bond donors (Lipinski definition) is 1. The third-order valence-corrected chi connectivity index (χ3v) is 2.79. The van der Waals surface area contributed by atoms with Crippen molar-refractivity contribution in [2.24, 2.45) is 5.92 Å². The molecule has 1 amide bonds. The lowest BCUT2D eigenvalue weighted by molar-refractivity contribution is -0.149. The normalized spacial score (nSPS) is 12.0. The fraction of sp³-hybridized carbons (Fsp3) is 0.500. The van der Waals surface area contributed by atoms with Crippen LogP contribution in [0.4, 0.5) is 0 Å². The van der Waals surface area contributed by atoms with Crippen LogP contribution in [0.3, 0.4) is 0 Å². The van der Waals surface area contributed by atoms with Crippen LogP contribution < -0.4 is 5.32 Å². The summed E-state index contributed by atoms with van der Waals surface area (Å²) in [6.07, 6.45) is 0.798. The Morgan fingerprint density at radius 2 is 1.85 bits per heavy atom. The number of esters is 1. The lowest BCUT2D eigenvalue weighted by Crippen LogP contribution is -2.42. The molecule has 0 bridgehead atoms. The Bertz CT molecular complexity index is 429. The molecule has 110 valence electrons. The van der Waals surface area contributed by atoms with E-state index in [0.717, 1.165) is 5.56 Å². The molecule has 0 aromatic heterocycles. The molecule has 4 nitrogen and oxygen atoms in total. The Morgan fingerprint density at radius 3 is 2.40 bits per heavy atom. The van der Waals surface area contributed by atoms with Gasteiger partial charge in [-0.3, -0.25) is 4.79 Å². The van der Waals surface area contributed by atoms with Crippen molar-refractivity contribution in [1.29, 1.82) is 0 Å². The number of ether oxygens (including phenoxy) is 1. The van der Waals surface area contributed by atoms with Crippen LogP contribution in [0.2, 0.25) is 0 Å². The van der Waals surface area contributed by atoms with Crippen molar-refractivity contribution in [3.63, 3.8) is 0 Å². The third-order valence-electron chi connectivity index (χ3n) is 2.79. The lowest BCUT2D eigenvalue weighted by Gasteiger charge is -2.17. The average Bonchev–Trinajstić information content (AvgIpc) is 2.43. The van der Waals surface area contributed by atoms with Gasteiger partial charge in [-0.15, -0.1) is 0 Å². The molecule has 0 radical (unpaired) electrons. The van der Waals surface area contributed by atoms with Gasteiger partial charge in [-0.05, 0) is 17.9 Å². The van der Waals surface area contributed by atoms with Crippen molar-refractivity contribution >= 4 is 11.9 Å². The van der Waals surface area contributed by atoms with Crippen molar-refractivity contribution < 1.29 is 14.3 Å². The van der Waals surface area contributed by atoms with Crippen LogP contribution in [-0.2, 0) is 20.7 Å². The Balaban J connectivity index is 2.47. The zero-order chi connectivity index (χ0) is 15.0. The Labute approximate surface area is 120 Å². The largest absolute Gasteiger partial charge is 0.464 e. The van der Waals surface area contributed by atoms with Gasteiger partial charge < -0.3 is 10.1 Å². The second-order valence-electron chi connectivity index (χ2n) is 5.21. The second kappa shape index (κ2) is 8.35. The van der Waals surface area contributed by atoms with Gasteiger partial charge in [-0.25, -0.2) is 4.79 Å². The molecule has 1 aromatic carbocycles. The third kappa shape index (κ3) is 5.87. The van der Waals surface area contributed by atoms with Gasteiger partial charge in [-0.2, -0.15) is 0 Å². The summed E-state index contributed by atoms with van der Waals surface area (Å²) in [5, 5.41) is 2.73. The van der Waals surface area contributed by atoms with Crippen LogP contribution in [0, 0.1) is 5.92 Å². The molecule has 4 heteroatoms. The van der Waals surface area contributed by atoms with Crippen molar-refractivity contribution in [2.45, 2.75) is 39.7 Å². The first-order valence-electron chi connectivity index (χ1n) is 7.02. The van der Waals surface area contributed by atoms with Crippen molar-refractivity contribution in [3.05, 3.63) is 35.9 Å². The molecule has 0 spiro atoms. The number of carbonyl (C=O) groups is 2. The minimum Gasteiger partial charge on any atom is -0.464 e. The van der Waals surface area contributed by atoms with Gasteiger partial charge in [0.25, 0.3) is 0 Å². The summed E-state index contributed by atoms with van der Waals surface area (Å²) < 4.78 is 5.15. The minimum atomic E-state index is -0.565. The topological polar surface area (TPSA) is 55.4 Å². The standard InChI is InChI=1S/C16H23NO3/c1-4-14(16(19)20-11-12(2)3)17-15(18)10-13-8-6-5-7-9-13/h5-9,12,14H,4,10-11H2,1-3H3,(H,17,18). The van der Waals surface area contributed by atoms with Crippen LogP contribution in [0.25, 0.3) is 0 Å². The SMILES string of the molecule is CCC(NC(=O)Cc1ccccc1)C(=O)OCC(C)C. The molecule has 0 heterocycles. The Kier molecular flexibility index (Phi) is 6.77. The molecule has 1 atom stereocenters. The monoisotopic (exact) mass is 277 g/mol. The molecule has 1 unspecified atom stereocenters. The fourth-order valence-corrected chi connectivity index (χ4v) is 1.70.